The van der Waals surface area contributed by atoms with E-state index in [2.05, 4.69) is 5.32 Å². The van der Waals surface area contributed by atoms with Crippen LogP contribution in [0.25, 0.3) is 0 Å². The maximum atomic E-state index is 11.9. The maximum Gasteiger partial charge on any atom is 0.220 e. The number of amides is 1. The lowest BCUT2D eigenvalue weighted by Crippen LogP contribution is -2.38. The number of hydrogen-bond acceptors (Lipinski definition) is 3. The summed E-state index contributed by atoms with van der Waals surface area (Å²) < 4.78 is 5.56. The Hall–Kier alpha value is -0.970. The van der Waals surface area contributed by atoms with Crippen LogP contribution in [0.4, 0.5) is 0 Å². The molecule has 1 aliphatic carbocycles. The van der Waals surface area contributed by atoms with Gasteiger partial charge in [-0.2, -0.15) is 0 Å². The summed E-state index contributed by atoms with van der Waals surface area (Å²) in [5.74, 6) is 1.04. The molecule has 0 unspecified atom stereocenters. The smallest absolute Gasteiger partial charge is 0.220 e. The first-order chi connectivity index (χ1) is 11.1. The van der Waals surface area contributed by atoms with Gasteiger partial charge in [0.15, 0.2) is 0 Å². The molecule has 1 saturated carbocycles. The standard InChI is InChI=1S/C17H23Cl2NO3/c18-13-5-8-16(15(19)10-13)23-9-1-2-17(22)20-14-6-3-12(11-21)4-7-14/h5,8,10,12,14,21H,1-4,6-7,9,11H2,(H,20,22). The summed E-state index contributed by atoms with van der Waals surface area (Å²) in [6.07, 6.45) is 4.95. The van der Waals surface area contributed by atoms with E-state index in [0.717, 1.165) is 25.7 Å². The molecule has 23 heavy (non-hydrogen) atoms. The zero-order chi connectivity index (χ0) is 16.7. The highest BCUT2D eigenvalue weighted by molar-refractivity contribution is 6.35. The van der Waals surface area contributed by atoms with Gasteiger partial charge in [0.2, 0.25) is 5.91 Å². The van der Waals surface area contributed by atoms with Gasteiger partial charge >= 0.3 is 0 Å². The fourth-order valence-electron chi connectivity index (χ4n) is 2.80. The predicted octanol–water partition coefficient (Wildman–Crippen LogP) is 3.82. The number of ether oxygens (including phenoxy) is 1. The molecule has 1 aromatic rings. The molecule has 1 aromatic carbocycles. The Kier molecular flexibility index (Phi) is 7.47. The van der Waals surface area contributed by atoms with Gasteiger partial charge in [-0.1, -0.05) is 23.2 Å². The summed E-state index contributed by atoms with van der Waals surface area (Å²) in [5.41, 5.74) is 0. The number of aliphatic hydroxyl groups is 1. The number of benzene rings is 1. The Morgan fingerprint density at radius 2 is 2.00 bits per heavy atom. The minimum Gasteiger partial charge on any atom is -0.492 e. The van der Waals surface area contributed by atoms with Crippen molar-refractivity contribution in [3.63, 3.8) is 0 Å². The second kappa shape index (κ2) is 9.36. The highest BCUT2D eigenvalue weighted by Gasteiger charge is 2.21. The number of carbonyl (C=O) groups excluding carboxylic acids is 1. The molecule has 128 valence electrons. The quantitative estimate of drug-likeness (QED) is 0.727. The fourth-order valence-corrected chi connectivity index (χ4v) is 3.26. The van der Waals surface area contributed by atoms with Crippen LogP contribution in [0.2, 0.25) is 10.0 Å². The van der Waals surface area contributed by atoms with E-state index in [-0.39, 0.29) is 18.6 Å². The van der Waals surface area contributed by atoms with Gasteiger partial charge in [-0.3, -0.25) is 4.79 Å². The van der Waals surface area contributed by atoms with Crippen molar-refractivity contribution in [3.8, 4) is 5.75 Å². The topological polar surface area (TPSA) is 58.6 Å². The van der Waals surface area contributed by atoms with Crippen molar-refractivity contribution in [1.29, 1.82) is 0 Å². The first-order valence-electron chi connectivity index (χ1n) is 8.06. The molecule has 0 atom stereocenters. The van der Waals surface area contributed by atoms with Crippen LogP contribution < -0.4 is 10.1 Å². The van der Waals surface area contributed by atoms with E-state index in [1.807, 2.05) is 0 Å². The van der Waals surface area contributed by atoms with E-state index < -0.39 is 0 Å². The van der Waals surface area contributed by atoms with Crippen LogP contribution >= 0.6 is 23.2 Å². The third-order valence-corrected chi connectivity index (χ3v) is 4.70. The van der Waals surface area contributed by atoms with Crippen molar-refractivity contribution in [1.82, 2.24) is 5.32 Å². The molecule has 1 fully saturated rings. The van der Waals surface area contributed by atoms with Crippen LogP contribution in [0.3, 0.4) is 0 Å². The summed E-state index contributed by atoms with van der Waals surface area (Å²) in [4.78, 5) is 11.9. The Morgan fingerprint density at radius 3 is 2.65 bits per heavy atom. The molecule has 0 heterocycles. The molecule has 6 heteroatoms. The summed E-state index contributed by atoms with van der Waals surface area (Å²) >= 11 is 11.8. The molecule has 0 saturated heterocycles. The molecule has 0 radical (unpaired) electrons. The predicted molar refractivity (Wildman–Crippen MR) is 92.2 cm³/mol. The summed E-state index contributed by atoms with van der Waals surface area (Å²) in [5, 5.41) is 13.2. The Bertz CT molecular complexity index is 517. The summed E-state index contributed by atoms with van der Waals surface area (Å²) in [6.45, 7) is 0.692. The van der Waals surface area contributed by atoms with Crippen molar-refractivity contribution in [3.05, 3.63) is 28.2 Å². The number of nitrogens with one attached hydrogen (secondary N) is 1. The largest absolute Gasteiger partial charge is 0.492 e. The van der Waals surface area contributed by atoms with Crippen molar-refractivity contribution in [2.24, 2.45) is 5.92 Å². The fraction of sp³-hybridized carbons (Fsp3) is 0.588. The normalized spacial score (nSPS) is 21.0. The number of rotatable bonds is 7. The van der Waals surface area contributed by atoms with E-state index in [9.17, 15) is 4.79 Å². The van der Waals surface area contributed by atoms with Gasteiger partial charge < -0.3 is 15.2 Å². The van der Waals surface area contributed by atoms with Gasteiger partial charge in [0.05, 0.1) is 11.6 Å². The Balaban J connectivity index is 1.61. The average molecular weight is 360 g/mol. The lowest BCUT2D eigenvalue weighted by molar-refractivity contribution is -0.122. The number of carbonyl (C=O) groups is 1. The van der Waals surface area contributed by atoms with Gasteiger partial charge in [-0.25, -0.2) is 0 Å². The van der Waals surface area contributed by atoms with E-state index in [1.165, 1.54) is 0 Å². The molecule has 4 nitrogen and oxygen atoms in total. The van der Waals surface area contributed by atoms with Crippen molar-refractivity contribution < 1.29 is 14.6 Å². The summed E-state index contributed by atoms with van der Waals surface area (Å²) in [7, 11) is 0. The average Bonchev–Trinajstić information content (AvgIpc) is 2.54. The third-order valence-electron chi connectivity index (χ3n) is 4.17. The van der Waals surface area contributed by atoms with E-state index in [4.69, 9.17) is 33.0 Å². The number of halogens is 2. The second-order valence-electron chi connectivity index (χ2n) is 5.99. The van der Waals surface area contributed by atoms with Gasteiger partial charge in [0, 0.05) is 24.1 Å². The maximum absolute atomic E-state index is 11.9. The van der Waals surface area contributed by atoms with Crippen LogP contribution in [-0.2, 0) is 4.79 Å². The second-order valence-corrected chi connectivity index (χ2v) is 6.84. The van der Waals surface area contributed by atoms with E-state index in [1.54, 1.807) is 18.2 Å². The zero-order valence-electron chi connectivity index (χ0n) is 13.1. The first-order valence-corrected chi connectivity index (χ1v) is 8.82. The van der Waals surface area contributed by atoms with E-state index in [0.29, 0.717) is 41.2 Å². The lowest BCUT2D eigenvalue weighted by atomic mass is 9.86. The van der Waals surface area contributed by atoms with Gasteiger partial charge in [-0.05, 0) is 56.2 Å². The van der Waals surface area contributed by atoms with Gasteiger partial charge in [0.1, 0.15) is 5.75 Å². The number of hydrogen-bond donors (Lipinski definition) is 2. The van der Waals surface area contributed by atoms with Crippen molar-refractivity contribution in [2.75, 3.05) is 13.2 Å². The monoisotopic (exact) mass is 359 g/mol. The SMILES string of the molecule is O=C(CCCOc1ccc(Cl)cc1Cl)NC1CCC(CO)CC1. The molecule has 0 spiro atoms. The van der Waals surface area contributed by atoms with E-state index >= 15 is 0 Å². The Labute approximate surface area is 147 Å². The highest BCUT2D eigenvalue weighted by Crippen LogP contribution is 2.27. The van der Waals surface area contributed by atoms with Crippen molar-refractivity contribution in [2.45, 2.75) is 44.6 Å². The molecule has 1 aliphatic rings. The zero-order valence-corrected chi connectivity index (χ0v) is 14.6. The molecule has 0 aliphatic heterocycles. The van der Waals surface area contributed by atoms with Crippen LogP contribution in [-0.4, -0.2) is 30.3 Å². The molecule has 1 amide bonds. The Morgan fingerprint density at radius 1 is 1.26 bits per heavy atom. The number of aliphatic hydroxyl groups excluding tert-OH is 1. The molecule has 2 N–H and O–H groups in total. The minimum absolute atomic E-state index is 0.0586. The highest BCUT2D eigenvalue weighted by atomic mass is 35.5. The summed E-state index contributed by atoms with van der Waals surface area (Å²) in [6, 6.07) is 5.33. The van der Waals surface area contributed by atoms with Gasteiger partial charge in [0.25, 0.3) is 0 Å². The van der Waals surface area contributed by atoms with Crippen LogP contribution in [0.1, 0.15) is 38.5 Å². The van der Waals surface area contributed by atoms with Crippen molar-refractivity contribution >= 4 is 29.1 Å². The molecular weight excluding hydrogens is 337 g/mol. The first kappa shape index (κ1) is 18.4. The molecule has 0 bridgehead atoms. The van der Waals surface area contributed by atoms with Crippen LogP contribution in [0, 0.1) is 5.92 Å². The molecule has 2 rings (SSSR count). The minimum atomic E-state index is 0.0586. The van der Waals surface area contributed by atoms with Crippen LogP contribution in [0.15, 0.2) is 18.2 Å². The molecule has 0 aromatic heterocycles. The van der Waals surface area contributed by atoms with Gasteiger partial charge in [-0.15, -0.1) is 0 Å². The third kappa shape index (κ3) is 6.21. The molecular formula is C17H23Cl2NO3. The lowest BCUT2D eigenvalue weighted by Gasteiger charge is -2.27. The van der Waals surface area contributed by atoms with Crippen LogP contribution in [0.5, 0.6) is 5.75 Å².